The van der Waals surface area contributed by atoms with Gasteiger partial charge in [-0.05, 0) is 53.5 Å². The van der Waals surface area contributed by atoms with Gasteiger partial charge in [-0.15, -0.1) is 0 Å². The molecular formula is C18H26O4. The Morgan fingerprint density at radius 3 is 1.64 bits per heavy atom. The predicted molar refractivity (Wildman–Crippen MR) is 85.3 cm³/mol. The summed E-state index contributed by atoms with van der Waals surface area (Å²) < 4.78 is 10.7. The number of carbonyl (C=O) groups excluding carboxylic acids is 2. The van der Waals surface area contributed by atoms with E-state index in [1.165, 1.54) is 0 Å². The fraction of sp³-hybridized carbons (Fsp3) is 0.556. The number of esters is 2. The molecule has 0 fully saturated rings. The van der Waals surface area contributed by atoms with Gasteiger partial charge in [0.1, 0.15) is 11.2 Å². The normalized spacial score (nSPS) is 12.1. The molecule has 1 rings (SSSR count). The highest BCUT2D eigenvalue weighted by molar-refractivity contribution is 5.95. The molecule has 1 aromatic rings. The molecular weight excluding hydrogens is 280 g/mol. The second-order valence-corrected chi connectivity index (χ2v) is 7.31. The molecule has 0 N–H and O–H groups in total. The summed E-state index contributed by atoms with van der Waals surface area (Å²) in [6.07, 6.45) is 0.269. The Morgan fingerprint density at radius 1 is 0.864 bits per heavy atom. The van der Waals surface area contributed by atoms with Crippen LogP contribution in [0, 0.1) is 5.92 Å². The van der Waals surface area contributed by atoms with E-state index < -0.39 is 29.1 Å². The first-order valence-electron chi connectivity index (χ1n) is 7.47. The molecule has 0 unspecified atom stereocenters. The minimum absolute atomic E-state index is 0.269. The van der Waals surface area contributed by atoms with Crippen molar-refractivity contribution in [3.05, 3.63) is 35.9 Å². The van der Waals surface area contributed by atoms with E-state index in [9.17, 15) is 9.59 Å². The molecule has 0 atom stereocenters. The maximum atomic E-state index is 12.4. The van der Waals surface area contributed by atoms with E-state index in [2.05, 4.69) is 0 Å². The molecule has 0 radical (unpaired) electrons. The van der Waals surface area contributed by atoms with E-state index in [0.717, 1.165) is 5.56 Å². The van der Waals surface area contributed by atoms with Crippen molar-refractivity contribution in [2.75, 3.05) is 0 Å². The zero-order valence-corrected chi connectivity index (χ0v) is 14.3. The number of carbonyl (C=O) groups is 2. The van der Waals surface area contributed by atoms with Gasteiger partial charge in [0.25, 0.3) is 0 Å². The van der Waals surface area contributed by atoms with Crippen LogP contribution in [0.3, 0.4) is 0 Å². The topological polar surface area (TPSA) is 52.6 Å². The summed E-state index contributed by atoms with van der Waals surface area (Å²) in [5.74, 6) is -2.06. The summed E-state index contributed by atoms with van der Waals surface area (Å²) in [5, 5.41) is 0. The van der Waals surface area contributed by atoms with Crippen LogP contribution < -0.4 is 0 Å². The lowest BCUT2D eigenvalue weighted by atomic mass is 9.98. The molecule has 4 nitrogen and oxygen atoms in total. The van der Waals surface area contributed by atoms with Crippen LogP contribution in [-0.2, 0) is 25.5 Å². The van der Waals surface area contributed by atoms with E-state index in [1.54, 1.807) is 41.5 Å². The average molecular weight is 306 g/mol. The Balaban J connectivity index is 2.94. The van der Waals surface area contributed by atoms with Gasteiger partial charge in [0.15, 0.2) is 5.92 Å². The number of hydrogen-bond acceptors (Lipinski definition) is 4. The summed E-state index contributed by atoms with van der Waals surface area (Å²) in [6.45, 7) is 10.7. The highest BCUT2D eigenvalue weighted by Crippen LogP contribution is 2.19. The van der Waals surface area contributed by atoms with Gasteiger partial charge in [0.05, 0.1) is 0 Å². The maximum Gasteiger partial charge on any atom is 0.321 e. The van der Waals surface area contributed by atoms with E-state index in [4.69, 9.17) is 9.47 Å². The first-order chi connectivity index (χ1) is 9.98. The monoisotopic (exact) mass is 306 g/mol. The SMILES string of the molecule is CC(C)(C)OC(=O)C(Cc1ccccc1)C(=O)OC(C)(C)C. The van der Waals surface area contributed by atoms with E-state index >= 15 is 0 Å². The summed E-state index contributed by atoms with van der Waals surface area (Å²) in [4.78, 5) is 24.7. The van der Waals surface area contributed by atoms with Crippen LogP contribution >= 0.6 is 0 Å². The lowest BCUT2D eigenvalue weighted by Crippen LogP contribution is -2.38. The van der Waals surface area contributed by atoms with Crippen LogP contribution in [0.4, 0.5) is 0 Å². The molecule has 0 saturated carbocycles. The van der Waals surface area contributed by atoms with Crippen molar-refractivity contribution in [2.45, 2.75) is 59.2 Å². The lowest BCUT2D eigenvalue weighted by Gasteiger charge is -2.26. The standard InChI is InChI=1S/C18H26O4/c1-17(2,3)21-15(19)14(16(20)22-18(4,5)6)12-13-10-8-7-9-11-13/h7-11,14H,12H2,1-6H3. The smallest absolute Gasteiger partial charge is 0.321 e. The second-order valence-electron chi connectivity index (χ2n) is 7.31. The molecule has 0 aliphatic carbocycles. The van der Waals surface area contributed by atoms with Crippen molar-refractivity contribution in [3.63, 3.8) is 0 Å². The number of rotatable bonds is 4. The van der Waals surface area contributed by atoms with Crippen LogP contribution in [0.1, 0.15) is 47.1 Å². The van der Waals surface area contributed by atoms with Crippen molar-refractivity contribution >= 4 is 11.9 Å². The van der Waals surface area contributed by atoms with Crippen molar-refractivity contribution in [1.29, 1.82) is 0 Å². The van der Waals surface area contributed by atoms with E-state index in [0.29, 0.717) is 0 Å². The van der Waals surface area contributed by atoms with Gasteiger partial charge in [0, 0.05) is 0 Å². The quantitative estimate of drug-likeness (QED) is 0.631. The highest BCUT2D eigenvalue weighted by Gasteiger charge is 2.34. The van der Waals surface area contributed by atoms with Crippen LogP contribution in [0.2, 0.25) is 0 Å². The number of ether oxygens (including phenoxy) is 2. The van der Waals surface area contributed by atoms with Gasteiger partial charge in [-0.1, -0.05) is 30.3 Å². The van der Waals surface area contributed by atoms with Gasteiger partial charge in [-0.3, -0.25) is 9.59 Å². The van der Waals surface area contributed by atoms with Crippen molar-refractivity contribution in [1.82, 2.24) is 0 Å². The Kier molecular flexibility index (Phi) is 5.75. The molecule has 0 aliphatic heterocycles. The Morgan fingerprint density at radius 2 is 1.27 bits per heavy atom. The predicted octanol–water partition coefficient (Wildman–Crippen LogP) is 3.53. The zero-order chi connectivity index (χ0) is 17.0. The second kappa shape index (κ2) is 6.95. The third kappa shape index (κ3) is 6.74. The zero-order valence-electron chi connectivity index (χ0n) is 14.3. The molecule has 0 heterocycles. The molecule has 0 aliphatic rings. The minimum Gasteiger partial charge on any atom is -0.459 e. The fourth-order valence-corrected chi connectivity index (χ4v) is 1.86. The lowest BCUT2D eigenvalue weighted by molar-refractivity contribution is -0.174. The number of benzene rings is 1. The summed E-state index contributed by atoms with van der Waals surface area (Å²) in [6, 6.07) is 9.39. The Labute approximate surface area is 132 Å². The van der Waals surface area contributed by atoms with Crippen LogP contribution in [-0.4, -0.2) is 23.1 Å². The van der Waals surface area contributed by atoms with Crippen LogP contribution in [0.25, 0.3) is 0 Å². The molecule has 22 heavy (non-hydrogen) atoms. The molecule has 122 valence electrons. The maximum absolute atomic E-state index is 12.4. The van der Waals surface area contributed by atoms with Gasteiger partial charge >= 0.3 is 11.9 Å². The molecule has 0 spiro atoms. The van der Waals surface area contributed by atoms with E-state index in [-0.39, 0.29) is 6.42 Å². The molecule has 4 heteroatoms. The Bertz CT molecular complexity index is 478. The summed E-state index contributed by atoms with van der Waals surface area (Å²) in [7, 11) is 0. The van der Waals surface area contributed by atoms with Crippen molar-refractivity contribution in [2.24, 2.45) is 5.92 Å². The third-order valence-corrected chi connectivity index (χ3v) is 2.67. The first kappa shape index (κ1) is 18.2. The largest absolute Gasteiger partial charge is 0.459 e. The Hall–Kier alpha value is -1.84. The third-order valence-electron chi connectivity index (χ3n) is 2.67. The summed E-state index contributed by atoms with van der Waals surface area (Å²) >= 11 is 0. The molecule has 0 amide bonds. The van der Waals surface area contributed by atoms with Crippen LogP contribution in [0.15, 0.2) is 30.3 Å². The molecule has 0 aromatic heterocycles. The minimum atomic E-state index is -0.958. The molecule has 1 aromatic carbocycles. The van der Waals surface area contributed by atoms with Crippen molar-refractivity contribution in [3.8, 4) is 0 Å². The first-order valence-corrected chi connectivity index (χ1v) is 7.47. The van der Waals surface area contributed by atoms with Gasteiger partial charge in [-0.25, -0.2) is 0 Å². The van der Waals surface area contributed by atoms with Crippen LogP contribution in [0.5, 0.6) is 0 Å². The van der Waals surface area contributed by atoms with Gasteiger partial charge in [-0.2, -0.15) is 0 Å². The summed E-state index contributed by atoms with van der Waals surface area (Å²) in [5.41, 5.74) is -0.397. The highest BCUT2D eigenvalue weighted by atomic mass is 16.6. The van der Waals surface area contributed by atoms with Crippen molar-refractivity contribution < 1.29 is 19.1 Å². The fourth-order valence-electron chi connectivity index (χ4n) is 1.86. The van der Waals surface area contributed by atoms with Gasteiger partial charge in [0.2, 0.25) is 0 Å². The average Bonchev–Trinajstić information content (AvgIpc) is 2.32. The molecule has 0 saturated heterocycles. The molecule has 0 bridgehead atoms. The van der Waals surface area contributed by atoms with Gasteiger partial charge < -0.3 is 9.47 Å². The number of hydrogen-bond donors (Lipinski definition) is 0. The van der Waals surface area contributed by atoms with E-state index in [1.807, 2.05) is 30.3 Å².